The molecule has 1 saturated heterocycles. The van der Waals surface area contributed by atoms with Crippen LogP contribution in [0.25, 0.3) is 11.4 Å². The van der Waals surface area contributed by atoms with Crippen LogP contribution in [0.4, 0.5) is 4.39 Å². The molecule has 0 bridgehead atoms. The Hall–Kier alpha value is -1.79. The van der Waals surface area contributed by atoms with Crippen LogP contribution in [0, 0.1) is 12.7 Å². The van der Waals surface area contributed by atoms with E-state index in [1.54, 1.807) is 20.1 Å². The van der Waals surface area contributed by atoms with Crippen LogP contribution in [0.1, 0.15) is 24.3 Å². The van der Waals surface area contributed by atoms with Gasteiger partial charge in [0.15, 0.2) is 0 Å². The third-order valence-electron chi connectivity index (χ3n) is 4.36. The molecule has 1 aliphatic rings. The molecule has 0 spiro atoms. The minimum atomic E-state index is -0.254. The lowest BCUT2D eigenvalue weighted by Crippen LogP contribution is -2.50. The van der Waals surface area contributed by atoms with Gasteiger partial charge in [-0.15, -0.1) is 0 Å². The fourth-order valence-electron chi connectivity index (χ4n) is 2.81. The molecular weight excluding hydrogens is 297 g/mol. The van der Waals surface area contributed by atoms with Crippen LogP contribution in [0.5, 0.6) is 0 Å². The van der Waals surface area contributed by atoms with Gasteiger partial charge >= 0.3 is 0 Å². The van der Waals surface area contributed by atoms with Crippen LogP contribution in [0.3, 0.4) is 0 Å². The summed E-state index contributed by atoms with van der Waals surface area (Å²) < 4.78 is 24.1. The lowest BCUT2D eigenvalue weighted by Gasteiger charge is -2.40. The summed E-state index contributed by atoms with van der Waals surface area (Å²) >= 11 is 0. The zero-order valence-corrected chi connectivity index (χ0v) is 13.6. The molecule has 0 N–H and O–H groups in total. The highest BCUT2D eigenvalue weighted by Crippen LogP contribution is 2.20. The van der Waals surface area contributed by atoms with E-state index in [-0.39, 0.29) is 5.82 Å². The number of hydrogen-bond acceptors (Lipinski definition) is 5. The summed E-state index contributed by atoms with van der Waals surface area (Å²) in [5.74, 6) is 0.792. The summed E-state index contributed by atoms with van der Waals surface area (Å²) in [7, 11) is 1.74. The highest BCUT2D eigenvalue weighted by atomic mass is 19.1. The van der Waals surface area contributed by atoms with Crippen molar-refractivity contribution in [3.05, 3.63) is 35.5 Å². The first kappa shape index (κ1) is 16.1. The van der Waals surface area contributed by atoms with E-state index in [1.165, 1.54) is 12.5 Å². The van der Waals surface area contributed by atoms with Crippen molar-refractivity contribution < 1.29 is 13.7 Å². The molecule has 1 aromatic heterocycles. The number of ether oxygens (including phenoxy) is 1. The molecule has 1 fully saturated rings. The molecule has 2 aromatic rings. The minimum Gasteiger partial charge on any atom is -0.383 e. The molecular formula is C17H22FN3O2. The molecule has 2 heterocycles. The fraction of sp³-hybridized carbons (Fsp3) is 0.529. The number of aromatic nitrogens is 2. The normalized spacial score (nSPS) is 18.1. The van der Waals surface area contributed by atoms with Crippen LogP contribution in [-0.2, 0) is 11.2 Å². The van der Waals surface area contributed by atoms with E-state index in [1.807, 2.05) is 6.07 Å². The van der Waals surface area contributed by atoms with Crippen molar-refractivity contribution in [3.8, 4) is 11.4 Å². The van der Waals surface area contributed by atoms with Gasteiger partial charge in [-0.3, -0.25) is 4.90 Å². The molecule has 0 radical (unpaired) electrons. The second-order valence-electron chi connectivity index (χ2n) is 6.01. The van der Waals surface area contributed by atoms with Crippen molar-refractivity contribution in [2.75, 3.05) is 26.8 Å². The number of rotatable bonds is 7. The van der Waals surface area contributed by atoms with E-state index in [0.29, 0.717) is 28.9 Å². The van der Waals surface area contributed by atoms with Crippen LogP contribution >= 0.6 is 0 Å². The number of halogens is 1. The summed E-state index contributed by atoms with van der Waals surface area (Å²) in [5, 5.41) is 3.95. The average molecular weight is 319 g/mol. The molecule has 124 valence electrons. The summed E-state index contributed by atoms with van der Waals surface area (Å²) in [5.41, 5.74) is 1.25. The van der Waals surface area contributed by atoms with Crippen LogP contribution in [-0.4, -0.2) is 47.9 Å². The zero-order valence-electron chi connectivity index (χ0n) is 13.6. The van der Waals surface area contributed by atoms with Gasteiger partial charge in [0.1, 0.15) is 5.82 Å². The lowest BCUT2D eigenvalue weighted by molar-refractivity contribution is 0.0228. The lowest BCUT2D eigenvalue weighted by atomic mass is 10.0. The molecule has 0 amide bonds. The summed E-state index contributed by atoms with van der Waals surface area (Å²) in [6.45, 7) is 4.66. The minimum absolute atomic E-state index is 0.254. The van der Waals surface area contributed by atoms with Gasteiger partial charge in [0.05, 0.1) is 6.61 Å². The topological polar surface area (TPSA) is 51.4 Å². The largest absolute Gasteiger partial charge is 0.383 e. The van der Waals surface area contributed by atoms with E-state index >= 15 is 0 Å². The number of methoxy groups -OCH3 is 1. The zero-order chi connectivity index (χ0) is 16.2. The quantitative estimate of drug-likeness (QED) is 0.785. The molecule has 1 aliphatic heterocycles. The van der Waals surface area contributed by atoms with Gasteiger partial charge in [-0.1, -0.05) is 17.3 Å². The molecule has 1 atom stereocenters. The highest BCUT2D eigenvalue weighted by Gasteiger charge is 2.26. The summed E-state index contributed by atoms with van der Waals surface area (Å²) in [6, 6.07) is 5.52. The van der Waals surface area contributed by atoms with Crippen LogP contribution in [0.15, 0.2) is 22.7 Å². The standard InChI is InChI=1S/C17H22FN3O2/c1-12-5-6-13(10-15(12)18)17-19-16(23-20-17)4-3-8-21-9-7-14(21)11-22-2/h5-6,10,14H,3-4,7-9,11H2,1-2H3. The van der Waals surface area contributed by atoms with Crippen molar-refractivity contribution in [2.45, 2.75) is 32.2 Å². The Bertz CT molecular complexity index is 659. The smallest absolute Gasteiger partial charge is 0.227 e. The van der Waals surface area contributed by atoms with E-state index in [4.69, 9.17) is 9.26 Å². The second kappa shape index (κ2) is 7.19. The van der Waals surface area contributed by atoms with Gasteiger partial charge in [0.2, 0.25) is 11.7 Å². The Morgan fingerprint density at radius 2 is 2.30 bits per heavy atom. The van der Waals surface area contributed by atoms with Gasteiger partial charge < -0.3 is 9.26 Å². The predicted octanol–water partition coefficient (Wildman–Crippen LogP) is 2.84. The fourth-order valence-corrected chi connectivity index (χ4v) is 2.81. The van der Waals surface area contributed by atoms with Gasteiger partial charge in [-0.25, -0.2) is 4.39 Å². The number of aryl methyl sites for hydroxylation is 2. The number of hydrogen-bond donors (Lipinski definition) is 0. The molecule has 3 rings (SSSR count). The van der Waals surface area contributed by atoms with Gasteiger partial charge in [0, 0.05) is 31.7 Å². The van der Waals surface area contributed by atoms with Crippen LogP contribution < -0.4 is 0 Å². The third-order valence-corrected chi connectivity index (χ3v) is 4.36. The monoisotopic (exact) mass is 319 g/mol. The Morgan fingerprint density at radius 3 is 3.00 bits per heavy atom. The van der Waals surface area contributed by atoms with E-state index in [2.05, 4.69) is 15.0 Å². The maximum Gasteiger partial charge on any atom is 0.227 e. The van der Waals surface area contributed by atoms with Crippen molar-refractivity contribution >= 4 is 0 Å². The van der Waals surface area contributed by atoms with Crippen molar-refractivity contribution in [1.82, 2.24) is 15.0 Å². The Labute approximate surface area is 135 Å². The molecule has 1 aromatic carbocycles. The molecule has 1 unspecified atom stereocenters. The molecule has 6 heteroatoms. The predicted molar refractivity (Wildman–Crippen MR) is 84.6 cm³/mol. The number of benzene rings is 1. The first-order valence-corrected chi connectivity index (χ1v) is 7.99. The Morgan fingerprint density at radius 1 is 1.43 bits per heavy atom. The molecule has 0 saturated carbocycles. The van der Waals surface area contributed by atoms with E-state index in [9.17, 15) is 4.39 Å². The Balaban J connectivity index is 1.52. The maximum atomic E-state index is 13.6. The highest BCUT2D eigenvalue weighted by molar-refractivity contribution is 5.54. The van der Waals surface area contributed by atoms with Crippen molar-refractivity contribution in [3.63, 3.8) is 0 Å². The molecule has 0 aliphatic carbocycles. The van der Waals surface area contributed by atoms with E-state index < -0.39 is 0 Å². The van der Waals surface area contributed by atoms with Gasteiger partial charge in [0.25, 0.3) is 0 Å². The second-order valence-corrected chi connectivity index (χ2v) is 6.01. The number of nitrogens with zero attached hydrogens (tertiary/aromatic N) is 3. The van der Waals surface area contributed by atoms with Crippen molar-refractivity contribution in [1.29, 1.82) is 0 Å². The molecule has 5 nitrogen and oxygen atoms in total. The molecule has 23 heavy (non-hydrogen) atoms. The van der Waals surface area contributed by atoms with E-state index in [0.717, 1.165) is 32.5 Å². The third kappa shape index (κ3) is 3.76. The SMILES string of the molecule is COCC1CCN1CCCc1nc(-c2ccc(C)c(F)c2)no1. The average Bonchev–Trinajstić information content (AvgIpc) is 2.99. The van der Waals surface area contributed by atoms with Gasteiger partial charge in [-0.05, 0) is 37.9 Å². The van der Waals surface area contributed by atoms with Crippen LogP contribution in [0.2, 0.25) is 0 Å². The Kier molecular flexibility index (Phi) is 5.03. The summed E-state index contributed by atoms with van der Waals surface area (Å²) in [6.07, 6.45) is 2.90. The number of likely N-dealkylation sites (tertiary alicyclic amines) is 1. The summed E-state index contributed by atoms with van der Waals surface area (Å²) in [4.78, 5) is 6.77. The first-order chi connectivity index (χ1) is 11.2. The maximum absolute atomic E-state index is 13.6. The van der Waals surface area contributed by atoms with Crippen molar-refractivity contribution in [2.24, 2.45) is 0 Å². The first-order valence-electron chi connectivity index (χ1n) is 7.99. The van der Waals surface area contributed by atoms with Gasteiger partial charge in [-0.2, -0.15) is 4.98 Å².